The maximum atomic E-state index is 12.2. The number of hydrogen-bond donors (Lipinski definition) is 1. The molecule has 1 amide bonds. The summed E-state index contributed by atoms with van der Waals surface area (Å²) in [7, 11) is -1.25. The molecule has 2 atom stereocenters. The molecule has 2 aromatic rings. The van der Waals surface area contributed by atoms with Gasteiger partial charge in [-0.05, 0) is 24.8 Å². The third-order valence-corrected chi connectivity index (χ3v) is 6.47. The topological polar surface area (TPSA) is 59.1 Å². The lowest BCUT2D eigenvalue weighted by Crippen LogP contribution is -2.35. The van der Waals surface area contributed by atoms with E-state index in [0.717, 1.165) is 22.0 Å². The average molecular weight is 343 g/mol. The standard InChI is InChI=1S/C14H18N2O2S3/c1-3-13-16-11(8-20-13)9-21(18)10(2)14(17)15-7-12-5-4-6-19-12/h4-6,8,10H,3,7,9H2,1-2H3,(H,15,17)/t10-,21+/m0/s1. The van der Waals surface area contributed by atoms with Gasteiger partial charge < -0.3 is 5.32 Å². The Morgan fingerprint density at radius 3 is 2.90 bits per heavy atom. The molecule has 2 heterocycles. The molecule has 0 fully saturated rings. The van der Waals surface area contributed by atoms with Gasteiger partial charge in [0.1, 0.15) is 5.25 Å². The van der Waals surface area contributed by atoms with E-state index in [-0.39, 0.29) is 5.91 Å². The van der Waals surface area contributed by atoms with Crippen LogP contribution in [0.5, 0.6) is 0 Å². The van der Waals surface area contributed by atoms with Crippen molar-refractivity contribution < 1.29 is 9.00 Å². The van der Waals surface area contributed by atoms with Gasteiger partial charge in [-0.15, -0.1) is 22.7 Å². The third kappa shape index (κ3) is 4.72. The minimum Gasteiger partial charge on any atom is -0.350 e. The Hall–Kier alpha value is -1.05. The summed E-state index contributed by atoms with van der Waals surface area (Å²) in [5.74, 6) is 0.164. The first-order valence-corrected chi connectivity index (χ1v) is 9.84. The second kappa shape index (κ2) is 7.82. The van der Waals surface area contributed by atoms with E-state index in [2.05, 4.69) is 10.3 Å². The summed E-state index contributed by atoms with van der Waals surface area (Å²) in [6.07, 6.45) is 0.883. The highest BCUT2D eigenvalue weighted by molar-refractivity contribution is 7.85. The predicted molar refractivity (Wildman–Crippen MR) is 89.0 cm³/mol. The van der Waals surface area contributed by atoms with E-state index in [4.69, 9.17) is 0 Å². The number of nitrogens with one attached hydrogen (secondary N) is 1. The van der Waals surface area contributed by atoms with Crippen LogP contribution in [-0.2, 0) is 34.3 Å². The van der Waals surface area contributed by atoms with Gasteiger partial charge in [-0.2, -0.15) is 0 Å². The molecule has 21 heavy (non-hydrogen) atoms. The smallest absolute Gasteiger partial charge is 0.235 e. The van der Waals surface area contributed by atoms with Crippen LogP contribution in [0.15, 0.2) is 22.9 Å². The molecule has 0 aliphatic carbocycles. The zero-order valence-electron chi connectivity index (χ0n) is 12.0. The Labute approximate surface area is 135 Å². The summed E-state index contributed by atoms with van der Waals surface area (Å²) in [6.45, 7) is 4.24. The molecular formula is C14H18N2O2S3. The number of carbonyl (C=O) groups excluding carboxylic acids is 1. The van der Waals surface area contributed by atoms with Gasteiger partial charge in [-0.1, -0.05) is 13.0 Å². The van der Waals surface area contributed by atoms with Crippen LogP contribution in [0.2, 0.25) is 0 Å². The Bertz CT molecular complexity index is 608. The Morgan fingerprint density at radius 1 is 1.48 bits per heavy atom. The fourth-order valence-electron chi connectivity index (χ4n) is 1.70. The van der Waals surface area contributed by atoms with Crippen molar-refractivity contribution in [3.05, 3.63) is 38.5 Å². The molecule has 2 aromatic heterocycles. The van der Waals surface area contributed by atoms with Crippen LogP contribution < -0.4 is 5.32 Å². The van der Waals surface area contributed by atoms with Crippen molar-refractivity contribution in [3.8, 4) is 0 Å². The Morgan fingerprint density at radius 2 is 2.29 bits per heavy atom. The first-order valence-electron chi connectivity index (χ1n) is 6.70. The lowest BCUT2D eigenvalue weighted by molar-refractivity contribution is -0.120. The van der Waals surface area contributed by atoms with Gasteiger partial charge in [-0.3, -0.25) is 9.00 Å². The molecule has 0 unspecified atom stereocenters. The number of amides is 1. The SMILES string of the molecule is CCc1nc(C[S@@](=O)[C@@H](C)C(=O)NCc2cccs2)cs1. The van der Waals surface area contributed by atoms with E-state index in [1.54, 1.807) is 29.6 Å². The zero-order chi connectivity index (χ0) is 15.2. The van der Waals surface area contributed by atoms with E-state index < -0.39 is 16.0 Å². The maximum absolute atomic E-state index is 12.2. The van der Waals surface area contributed by atoms with Crippen molar-refractivity contribution >= 4 is 39.4 Å². The normalized spacial score (nSPS) is 13.8. The van der Waals surface area contributed by atoms with Crippen molar-refractivity contribution in [3.63, 3.8) is 0 Å². The number of aryl methyl sites for hydroxylation is 1. The number of aromatic nitrogens is 1. The van der Waals surface area contributed by atoms with E-state index in [1.807, 2.05) is 29.8 Å². The monoisotopic (exact) mass is 342 g/mol. The number of hydrogen-bond acceptors (Lipinski definition) is 5. The quantitative estimate of drug-likeness (QED) is 0.842. The largest absolute Gasteiger partial charge is 0.350 e. The van der Waals surface area contributed by atoms with Gasteiger partial charge in [-0.25, -0.2) is 4.98 Å². The minimum atomic E-state index is -1.25. The first-order chi connectivity index (χ1) is 10.1. The molecule has 114 valence electrons. The second-order valence-electron chi connectivity index (χ2n) is 4.55. The number of thiophene rings is 1. The summed E-state index contributed by atoms with van der Waals surface area (Å²) in [4.78, 5) is 17.5. The fraction of sp³-hybridized carbons (Fsp3) is 0.429. The molecule has 0 bridgehead atoms. The summed E-state index contributed by atoms with van der Waals surface area (Å²) in [5.41, 5.74) is 0.813. The molecular weight excluding hydrogens is 324 g/mol. The summed E-state index contributed by atoms with van der Waals surface area (Å²) in [5, 5.41) is 7.23. The molecule has 2 rings (SSSR count). The van der Waals surface area contributed by atoms with E-state index in [0.29, 0.717) is 12.3 Å². The zero-order valence-corrected chi connectivity index (χ0v) is 14.4. The van der Waals surface area contributed by atoms with Crippen LogP contribution in [0.25, 0.3) is 0 Å². The lowest BCUT2D eigenvalue weighted by Gasteiger charge is -2.10. The minimum absolute atomic E-state index is 0.173. The van der Waals surface area contributed by atoms with Crippen molar-refractivity contribution in [2.24, 2.45) is 0 Å². The van der Waals surface area contributed by atoms with Crippen LogP contribution in [0.3, 0.4) is 0 Å². The highest BCUT2D eigenvalue weighted by atomic mass is 32.2. The van der Waals surface area contributed by atoms with Crippen LogP contribution in [0.1, 0.15) is 29.4 Å². The predicted octanol–water partition coefficient (Wildman–Crippen LogP) is 2.72. The molecule has 7 heteroatoms. The first kappa shape index (κ1) is 16.3. The third-order valence-electron chi connectivity index (χ3n) is 2.97. The van der Waals surface area contributed by atoms with Crippen molar-refractivity contribution in [2.45, 2.75) is 37.8 Å². The van der Waals surface area contributed by atoms with Crippen LogP contribution in [0, 0.1) is 0 Å². The Kier molecular flexibility index (Phi) is 6.08. The molecule has 0 saturated carbocycles. The molecule has 4 nitrogen and oxygen atoms in total. The molecule has 0 aliphatic heterocycles. The van der Waals surface area contributed by atoms with Crippen molar-refractivity contribution in [1.29, 1.82) is 0 Å². The number of carbonyl (C=O) groups is 1. The molecule has 0 saturated heterocycles. The van der Waals surface area contributed by atoms with Gasteiger partial charge in [0.05, 0.1) is 23.0 Å². The number of nitrogens with zero attached hydrogens (tertiary/aromatic N) is 1. The fourth-order valence-corrected chi connectivity index (χ4v) is 4.21. The summed E-state index contributed by atoms with van der Waals surface area (Å²) in [6, 6.07) is 3.91. The number of thiazole rings is 1. The highest BCUT2D eigenvalue weighted by Gasteiger charge is 2.20. The molecule has 0 aliphatic rings. The Balaban J connectivity index is 1.84. The van der Waals surface area contributed by atoms with Gasteiger partial charge in [0.25, 0.3) is 0 Å². The van der Waals surface area contributed by atoms with Gasteiger partial charge in [0.2, 0.25) is 5.91 Å². The summed E-state index contributed by atoms with van der Waals surface area (Å²) >= 11 is 3.17. The summed E-state index contributed by atoms with van der Waals surface area (Å²) < 4.78 is 12.2. The van der Waals surface area contributed by atoms with Crippen molar-refractivity contribution in [1.82, 2.24) is 10.3 Å². The van der Waals surface area contributed by atoms with Crippen LogP contribution in [0.4, 0.5) is 0 Å². The molecule has 0 spiro atoms. The van der Waals surface area contributed by atoms with Gasteiger partial charge in [0.15, 0.2) is 0 Å². The van der Waals surface area contributed by atoms with Crippen molar-refractivity contribution in [2.75, 3.05) is 0 Å². The average Bonchev–Trinajstić information content (AvgIpc) is 3.14. The van der Waals surface area contributed by atoms with Gasteiger partial charge in [0, 0.05) is 21.1 Å². The van der Waals surface area contributed by atoms with Crippen LogP contribution in [-0.4, -0.2) is 20.3 Å². The van der Waals surface area contributed by atoms with Gasteiger partial charge >= 0.3 is 0 Å². The van der Waals surface area contributed by atoms with E-state index >= 15 is 0 Å². The lowest BCUT2D eigenvalue weighted by atomic mass is 10.4. The van der Waals surface area contributed by atoms with E-state index in [1.165, 1.54) is 0 Å². The molecule has 1 N–H and O–H groups in total. The molecule has 0 radical (unpaired) electrons. The van der Waals surface area contributed by atoms with E-state index in [9.17, 15) is 9.00 Å². The maximum Gasteiger partial charge on any atom is 0.235 e. The molecule has 0 aromatic carbocycles. The van der Waals surface area contributed by atoms with Crippen LogP contribution >= 0.6 is 22.7 Å². The number of rotatable bonds is 7. The highest BCUT2D eigenvalue weighted by Crippen LogP contribution is 2.14. The second-order valence-corrected chi connectivity index (χ2v) is 8.28.